The lowest BCUT2D eigenvalue weighted by molar-refractivity contribution is 0.154. The van der Waals surface area contributed by atoms with Crippen molar-refractivity contribution < 1.29 is 9.53 Å². The van der Waals surface area contributed by atoms with E-state index < -0.39 is 0 Å². The summed E-state index contributed by atoms with van der Waals surface area (Å²) in [6, 6.07) is 0. The van der Waals surface area contributed by atoms with Crippen LogP contribution in [0.3, 0.4) is 0 Å². The van der Waals surface area contributed by atoms with E-state index in [9.17, 15) is 4.79 Å². The zero-order chi connectivity index (χ0) is 7.40. The highest BCUT2D eigenvalue weighted by atomic mass is 16.5. The first-order chi connectivity index (χ1) is 4.84. The van der Waals surface area contributed by atoms with Gasteiger partial charge in [-0.15, -0.1) is 0 Å². The Morgan fingerprint density at radius 3 is 3.10 bits per heavy atom. The number of hydrogen-bond acceptors (Lipinski definition) is 3. The molecule has 54 valence electrons. The molecule has 0 radical (unpaired) electrons. The van der Waals surface area contributed by atoms with E-state index in [0.29, 0.717) is 6.61 Å². The van der Waals surface area contributed by atoms with E-state index in [1.807, 2.05) is 0 Å². The third-order valence-electron chi connectivity index (χ3n) is 0.983. The van der Waals surface area contributed by atoms with E-state index in [1.165, 1.54) is 23.3 Å². The molecule has 4 nitrogen and oxygen atoms in total. The molecular weight excluding hydrogens is 132 g/mol. The van der Waals surface area contributed by atoms with Crippen LogP contribution in [0.2, 0.25) is 0 Å². The molecule has 1 heterocycles. The van der Waals surface area contributed by atoms with Crippen LogP contribution in [0.4, 0.5) is 4.79 Å². The molecule has 0 saturated heterocycles. The molecule has 1 aromatic heterocycles. The standard InChI is InChI=1S/C6H8N2O2/c1-2-10-6(9)8-4-3-7-5-8/h3-5H,2H2,1H3. The van der Waals surface area contributed by atoms with Crippen LogP contribution < -0.4 is 0 Å². The number of ether oxygens (including phenoxy) is 1. The van der Waals surface area contributed by atoms with E-state index in [4.69, 9.17) is 0 Å². The predicted molar refractivity (Wildman–Crippen MR) is 34.6 cm³/mol. The second kappa shape index (κ2) is 3.00. The molecule has 0 aliphatic rings. The Hall–Kier alpha value is -1.32. The fraction of sp³-hybridized carbons (Fsp3) is 0.333. The van der Waals surface area contributed by atoms with Crippen molar-refractivity contribution >= 4 is 6.09 Å². The van der Waals surface area contributed by atoms with Crippen LogP contribution in [0.1, 0.15) is 6.92 Å². The minimum absolute atomic E-state index is 0.386. The zero-order valence-electron chi connectivity index (χ0n) is 5.65. The highest BCUT2D eigenvalue weighted by molar-refractivity contribution is 5.69. The van der Waals surface area contributed by atoms with Crippen LogP contribution in [-0.4, -0.2) is 22.3 Å². The maximum Gasteiger partial charge on any atom is 0.419 e. The van der Waals surface area contributed by atoms with Crippen molar-refractivity contribution in [1.29, 1.82) is 0 Å². The number of rotatable bonds is 1. The van der Waals surface area contributed by atoms with Gasteiger partial charge in [0.15, 0.2) is 0 Å². The molecule has 0 unspecified atom stereocenters. The Kier molecular flexibility index (Phi) is 2.04. The summed E-state index contributed by atoms with van der Waals surface area (Å²) in [5.41, 5.74) is 0. The molecule has 1 aromatic rings. The Morgan fingerprint density at radius 1 is 1.80 bits per heavy atom. The summed E-state index contributed by atoms with van der Waals surface area (Å²) in [6.45, 7) is 2.14. The first-order valence-electron chi connectivity index (χ1n) is 2.99. The SMILES string of the molecule is CCOC(=O)n1ccnc1. The van der Waals surface area contributed by atoms with Crippen LogP contribution in [0.25, 0.3) is 0 Å². The summed E-state index contributed by atoms with van der Waals surface area (Å²) in [5.74, 6) is 0. The summed E-state index contributed by atoms with van der Waals surface area (Å²) in [6.07, 6.45) is 4.08. The monoisotopic (exact) mass is 140 g/mol. The lowest BCUT2D eigenvalue weighted by Crippen LogP contribution is -2.10. The minimum atomic E-state index is -0.389. The average molecular weight is 140 g/mol. The second-order valence-corrected chi connectivity index (χ2v) is 1.67. The van der Waals surface area contributed by atoms with Crippen LogP contribution in [0.5, 0.6) is 0 Å². The Morgan fingerprint density at radius 2 is 2.60 bits per heavy atom. The summed E-state index contributed by atoms with van der Waals surface area (Å²) >= 11 is 0. The number of nitrogens with zero attached hydrogens (tertiary/aromatic N) is 2. The van der Waals surface area contributed by atoms with Gasteiger partial charge in [-0.05, 0) is 6.92 Å². The number of imidazole rings is 1. The third kappa shape index (κ3) is 1.34. The average Bonchev–Trinajstić information content (AvgIpc) is 2.38. The van der Waals surface area contributed by atoms with Crippen molar-refractivity contribution in [2.24, 2.45) is 0 Å². The van der Waals surface area contributed by atoms with Crippen molar-refractivity contribution in [1.82, 2.24) is 9.55 Å². The first-order valence-corrected chi connectivity index (χ1v) is 2.99. The highest BCUT2D eigenvalue weighted by Crippen LogP contribution is 1.88. The van der Waals surface area contributed by atoms with Gasteiger partial charge in [0.05, 0.1) is 6.61 Å². The number of carbonyl (C=O) groups excluding carboxylic acids is 1. The van der Waals surface area contributed by atoms with E-state index in [0.717, 1.165) is 0 Å². The molecule has 0 spiro atoms. The van der Waals surface area contributed by atoms with Gasteiger partial charge in [-0.25, -0.2) is 14.3 Å². The summed E-state index contributed by atoms with van der Waals surface area (Å²) in [7, 11) is 0. The fourth-order valence-corrected chi connectivity index (χ4v) is 0.565. The molecule has 0 aliphatic carbocycles. The Balaban J connectivity index is 2.59. The van der Waals surface area contributed by atoms with E-state index in [2.05, 4.69) is 9.72 Å². The van der Waals surface area contributed by atoms with Gasteiger partial charge in [0, 0.05) is 12.4 Å². The molecule has 1 rings (SSSR count). The Labute approximate surface area is 58.4 Å². The maximum atomic E-state index is 10.8. The van der Waals surface area contributed by atoms with Crippen LogP contribution >= 0.6 is 0 Å². The normalized spacial score (nSPS) is 9.30. The largest absolute Gasteiger partial charge is 0.449 e. The van der Waals surface area contributed by atoms with Gasteiger partial charge in [-0.1, -0.05) is 0 Å². The maximum absolute atomic E-state index is 10.8. The molecule has 10 heavy (non-hydrogen) atoms. The molecule has 0 aliphatic heterocycles. The quantitative estimate of drug-likeness (QED) is 0.581. The third-order valence-corrected chi connectivity index (χ3v) is 0.983. The van der Waals surface area contributed by atoms with Gasteiger partial charge in [0.1, 0.15) is 6.33 Å². The predicted octanol–water partition coefficient (Wildman–Crippen LogP) is 0.888. The first kappa shape index (κ1) is 6.80. The zero-order valence-corrected chi connectivity index (χ0v) is 5.65. The molecule has 0 N–H and O–H groups in total. The lowest BCUT2D eigenvalue weighted by Gasteiger charge is -1.98. The molecule has 0 aromatic carbocycles. The molecule has 0 atom stereocenters. The molecule has 0 amide bonds. The smallest absolute Gasteiger partial charge is 0.419 e. The number of aromatic nitrogens is 2. The minimum Gasteiger partial charge on any atom is -0.449 e. The molecule has 0 fully saturated rings. The summed E-state index contributed by atoms with van der Waals surface area (Å²) < 4.78 is 5.95. The molecule has 0 bridgehead atoms. The molecular formula is C6H8N2O2. The highest BCUT2D eigenvalue weighted by Gasteiger charge is 2.00. The van der Waals surface area contributed by atoms with E-state index >= 15 is 0 Å². The van der Waals surface area contributed by atoms with Crippen molar-refractivity contribution in [3.05, 3.63) is 18.7 Å². The fourth-order valence-electron chi connectivity index (χ4n) is 0.565. The van der Waals surface area contributed by atoms with Gasteiger partial charge in [0.25, 0.3) is 0 Å². The summed E-state index contributed by atoms with van der Waals surface area (Å²) in [4.78, 5) is 14.5. The van der Waals surface area contributed by atoms with Gasteiger partial charge in [-0.3, -0.25) is 0 Å². The van der Waals surface area contributed by atoms with E-state index in [1.54, 1.807) is 6.92 Å². The molecule has 0 saturated carbocycles. The van der Waals surface area contributed by atoms with Gasteiger partial charge >= 0.3 is 6.09 Å². The number of carbonyl (C=O) groups is 1. The van der Waals surface area contributed by atoms with Crippen molar-refractivity contribution in [3.8, 4) is 0 Å². The van der Waals surface area contributed by atoms with Gasteiger partial charge in [0.2, 0.25) is 0 Å². The number of hydrogen-bond donors (Lipinski definition) is 0. The van der Waals surface area contributed by atoms with Crippen molar-refractivity contribution in [3.63, 3.8) is 0 Å². The van der Waals surface area contributed by atoms with E-state index in [-0.39, 0.29) is 6.09 Å². The van der Waals surface area contributed by atoms with Crippen molar-refractivity contribution in [2.75, 3.05) is 6.61 Å². The van der Waals surface area contributed by atoms with Crippen LogP contribution in [0.15, 0.2) is 18.7 Å². The van der Waals surface area contributed by atoms with Crippen LogP contribution in [0, 0.1) is 0 Å². The lowest BCUT2D eigenvalue weighted by atomic mass is 10.8. The van der Waals surface area contributed by atoms with Gasteiger partial charge < -0.3 is 4.74 Å². The van der Waals surface area contributed by atoms with Crippen molar-refractivity contribution in [2.45, 2.75) is 6.92 Å². The van der Waals surface area contributed by atoms with Gasteiger partial charge in [-0.2, -0.15) is 0 Å². The summed E-state index contributed by atoms with van der Waals surface area (Å²) in [5, 5.41) is 0. The molecule has 4 heteroatoms. The second-order valence-electron chi connectivity index (χ2n) is 1.67. The Bertz CT molecular complexity index is 206. The van der Waals surface area contributed by atoms with Crippen LogP contribution in [-0.2, 0) is 4.74 Å². The topological polar surface area (TPSA) is 44.1 Å².